The van der Waals surface area contributed by atoms with Crippen molar-refractivity contribution < 1.29 is 19.1 Å². The van der Waals surface area contributed by atoms with Gasteiger partial charge in [0.1, 0.15) is 59.6 Å². The number of nitrogens with zero attached hydrogens (tertiary/aromatic N) is 9. The number of benzene rings is 7. The van der Waals surface area contributed by atoms with Crippen LogP contribution in [0.3, 0.4) is 0 Å². The van der Waals surface area contributed by atoms with Crippen molar-refractivity contribution in [2.45, 2.75) is 106 Å². The number of anilines is 9. The lowest BCUT2D eigenvalue weighted by Gasteiger charge is -2.15. The Morgan fingerprint density at radius 2 is 0.990 bits per heavy atom. The van der Waals surface area contributed by atoms with E-state index in [0.29, 0.717) is 59.6 Å². The lowest BCUT2D eigenvalue weighted by Crippen LogP contribution is -2.21. The SMILES string of the molecule is CCc1cncc(Nc2cc(COc3ccc(N)c4ccccc34)ccn2)n1.CCc1cncc(Nc2cc(COc3ccc(NC(=O)Nc4cc(C(C)(C)C)cn4-c4ccc(C)cc4)c4ccccc34)ccn2)n1.Cc1ccc(-n2nc(C(C)(C)C)cc2NC(=O)Nc2ccccc2)cc1. The van der Waals surface area contributed by atoms with E-state index in [1.165, 1.54) is 11.1 Å². The molecule has 0 aliphatic rings. The molecule has 6 heterocycles. The van der Waals surface area contributed by atoms with Crippen LogP contribution in [0.2, 0.25) is 0 Å². The number of urea groups is 2. The van der Waals surface area contributed by atoms with Crippen LogP contribution in [0.1, 0.15) is 100 Å². The van der Waals surface area contributed by atoms with Crippen LogP contribution >= 0.6 is 0 Å². The van der Waals surface area contributed by atoms with Gasteiger partial charge in [-0.05, 0) is 140 Å². The number of carbonyl (C=O) groups is 2. The molecule has 6 aromatic heterocycles. The van der Waals surface area contributed by atoms with Crippen LogP contribution in [0.15, 0.2) is 231 Å². The molecule has 13 aromatic rings. The van der Waals surface area contributed by atoms with Gasteiger partial charge in [-0.15, -0.1) is 0 Å². The van der Waals surface area contributed by atoms with Crippen molar-refractivity contribution in [3.63, 3.8) is 0 Å². The quantitative estimate of drug-likeness (QED) is 0.0395. The van der Waals surface area contributed by atoms with Crippen molar-refractivity contribution in [1.82, 2.24) is 44.3 Å². The lowest BCUT2D eigenvalue weighted by atomic mass is 9.89. The maximum Gasteiger partial charge on any atom is 0.324 e. The molecular weight excluding hydrogens is 1260 g/mol. The number of aromatic nitrogens is 9. The lowest BCUT2D eigenvalue weighted by molar-refractivity contribution is 0.261. The van der Waals surface area contributed by atoms with Gasteiger partial charge in [-0.3, -0.25) is 20.6 Å². The van der Waals surface area contributed by atoms with Crippen molar-refractivity contribution in [3.05, 3.63) is 276 Å². The predicted octanol–water partition coefficient (Wildman–Crippen LogP) is 18.6. The van der Waals surface area contributed by atoms with E-state index in [2.05, 4.69) is 141 Å². The highest BCUT2D eigenvalue weighted by Gasteiger charge is 2.23. The molecule has 0 saturated heterocycles. The third-order valence-corrected chi connectivity index (χ3v) is 16.4. The van der Waals surface area contributed by atoms with E-state index >= 15 is 0 Å². The summed E-state index contributed by atoms with van der Waals surface area (Å²) in [4.78, 5) is 52.1. The summed E-state index contributed by atoms with van der Waals surface area (Å²) in [6, 6.07) is 60.1. The van der Waals surface area contributed by atoms with E-state index in [4.69, 9.17) is 20.3 Å². The molecule has 0 bridgehead atoms. The van der Waals surface area contributed by atoms with Gasteiger partial charge in [-0.2, -0.15) is 5.10 Å². The Hall–Kier alpha value is -12.5. The van der Waals surface area contributed by atoms with Crippen LogP contribution in [0, 0.1) is 13.8 Å². The second-order valence-corrected chi connectivity index (χ2v) is 26.3. The van der Waals surface area contributed by atoms with Gasteiger partial charge >= 0.3 is 12.1 Å². The first-order valence-electron chi connectivity index (χ1n) is 33.5. The molecule has 0 atom stereocenters. The van der Waals surface area contributed by atoms with Gasteiger partial charge in [0, 0.05) is 81.1 Å². The van der Waals surface area contributed by atoms with E-state index in [9.17, 15) is 9.59 Å². The molecule has 8 N–H and O–H groups in total. The standard InChI is InChI=1S/C38H39N7O2.C22H21N5O.C21H24N4O/c1-6-28-21-39-22-35(41-28)43-34-19-26(17-18-40-34)24-47-33-16-15-32(30-9-7-8-10-31(30)33)42-37(46)44-36-20-27(38(3,4)5)23-45(36)29-13-11-25(2)12-14-29;1-2-16-12-24-13-22(26-16)27-21-11-15(9-10-25-21)14-28-20-8-7-19(23)17-5-3-4-6-18(17)20;1-15-10-12-17(13-11-15)25-19(14-18(24-25)21(2,3)4)23-20(26)22-16-8-6-5-7-9-16/h7-23H,6,24H2,1-5H3,(H,40,41,43)(H2,42,44,46);3-13H,2,14,23H2,1H3,(H,25,26,27);5-14H,1-4H3,(H2,22,23,26). The predicted molar refractivity (Wildman–Crippen MR) is 407 cm³/mol. The summed E-state index contributed by atoms with van der Waals surface area (Å²) >= 11 is 0. The van der Waals surface area contributed by atoms with Crippen molar-refractivity contribution in [1.29, 1.82) is 0 Å². The van der Waals surface area contributed by atoms with Gasteiger partial charge in [0.15, 0.2) is 0 Å². The molecule has 0 fully saturated rings. The number of pyridine rings is 2. The van der Waals surface area contributed by atoms with Gasteiger partial charge in [0.05, 0.1) is 40.9 Å². The van der Waals surface area contributed by atoms with Crippen molar-refractivity contribution in [2.24, 2.45) is 0 Å². The van der Waals surface area contributed by atoms with Crippen molar-refractivity contribution >= 4 is 85.6 Å². The molecule has 512 valence electrons. The first-order chi connectivity index (χ1) is 48.7. The third-order valence-electron chi connectivity index (χ3n) is 16.4. The van der Waals surface area contributed by atoms with Crippen molar-refractivity contribution in [3.8, 4) is 22.9 Å². The average molecular weight is 1350 g/mol. The molecule has 20 nitrogen and oxygen atoms in total. The molecule has 0 saturated carbocycles. The second-order valence-electron chi connectivity index (χ2n) is 26.3. The fourth-order valence-corrected chi connectivity index (χ4v) is 10.7. The summed E-state index contributed by atoms with van der Waals surface area (Å²) in [7, 11) is 0. The molecule has 13 rings (SSSR count). The number of ether oxygens (including phenoxy) is 2. The largest absolute Gasteiger partial charge is 0.488 e. The van der Waals surface area contributed by atoms with E-state index in [0.717, 1.165) is 96.7 Å². The number of nitrogens with two attached hydrogens (primary N) is 1. The minimum Gasteiger partial charge on any atom is -0.488 e. The summed E-state index contributed by atoms with van der Waals surface area (Å²) in [5, 5.41) is 26.8. The van der Waals surface area contributed by atoms with E-state index in [1.54, 1.807) is 41.9 Å². The number of rotatable bonds is 18. The molecule has 7 aromatic carbocycles. The first-order valence-corrected chi connectivity index (χ1v) is 33.5. The van der Waals surface area contributed by atoms with E-state index in [1.807, 2.05) is 189 Å². The normalized spacial score (nSPS) is 11.1. The second kappa shape index (κ2) is 31.8. The van der Waals surface area contributed by atoms with Gasteiger partial charge in [-0.25, -0.2) is 34.2 Å². The van der Waals surface area contributed by atoms with Crippen LogP contribution in [0.5, 0.6) is 11.5 Å². The Kier molecular flexibility index (Phi) is 22.0. The maximum absolute atomic E-state index is 13.4. The van der Waals surface area contributed by atoms with Gasteiger partial charge in [0.25, 0.3) is 0 Å². The van der Waals surface area contributed by atoms with E-state index in [-0.39, 0.29) is 22.9 Å². The highest BCUT2D eigenvalue weighted by molar-refractivity contribution is 6.07. The number of nitrogen functional groups attached to an aromatic ring is 1. The fourth-order valence-electron chi connectivity index (χ4n) is 10.7. The van der Waals surface area contributed by atoms with E-state index < -0.39 is 0 Å². The third kappa shape index (κ3) is 18.6. The zero-order chi connectivity index (χ0) is 71.0. The molecule has 0 unspecified atom stereocenters. The fraction of sp³-hybridized carbons (Fsp3) is 0.198. The summed E-state index contributed by atoms with van der Waals surface area (Å²) in [5.41, 5.74) is 18.1. The molecule has 20 heteroatoms. The highest BCUT2D eigenvalue weighted by atomic mass is 16.5. The highest BCUT2D eigenvalue weighted by Crippen LogP contribution is 2.35. The number of hydrogen-bond donors (Lipinski definition) is 7. The molecular formula is C81H84N16O4. The number of para-hydroxylation sites is 1. The van der Waals surface area contributed by atoms with Gasteiger partial charge in [0.2, 0.25) is 0 Å². The van der Waals surface area contributed by atoms with Crippen LogP contribution in [-0.2, 0) is 36.9 Å². The first kappa shape index (κ1) is 69.9. The smallest absolute Gasteiger partial charge is 0.324 e. The topological polar surface area (TPSA) is 251 Å². The Morgan fingerprint density at radius 3 is 1.54 bits per heavy atom. The Balaban J connectivity index is 0.000000163. The minimum absolute atomic E-state index is 0.0848. The van der Waals surface area contributed by atoms with Gasteiger partial charge in [-0.1, -0.05) is 158 Å². The Morgan fingerprint density at radius 1 is 0.485 bits per heavy atom. The van der Waals surface area contributed by atoms with Crippen LogP contribution in [0.25, 0.3) is 32.9 Å². The monoisotopic (exact) mass is 1340 g/mol. The molecule has 4 amide bonds. The Labute approximate surface area is 588 Å². The summed E-state index contributed by atoms with van der Waals surface area (Å²) in [6.07, 6.45) is 14.1. The maximum atomic E-state index is 13.4. The number of aryl methyl sites for hydroxylation is 4. The molecule has 0 aliphatic carbocycles. The molecule has 0 radical (unpaired) electrons. The zero-order valence-electron chi connectivity index (χ0n) is 58.5. The Bertz CT molecular complexity index is 4980. The zero-order valence-corrected chi connectivity index (χ0v) is 58.5. The number of amides is 4. The average Bonchev–Trinajstić information content (AvgIpc) is 1.79. The molecule has 101 heavy (non-hydrogen) atoms. The molecule has 0 spiro atoms. The number of fused-ring (bicyclic) bond motifs is 2. The molecule has 0 aliphatic heterocycles. The summed E-state index contributed by atoms with van der Waals surface area (Å²) < 4.78 is 16.1. The summed E-state index contributed by atoms with van der Waals surface area (Å²) in [5.74, 6) is 5.52. The number of nitrogens with one attached hydrogen (secondary N) is 6. The van der Waals surface area contributed by atoms with Crippen molar-refractivity contribution in [2.75, 3.05) is 37.6 Å². The summed E-state index contributed by atoms with van der Waals surface area (Å²) in [6.45, 7) is 21.7. The minimum atomic E-state index is -0.332. The van der Waals surface area contributed by atoms with Crippen LogP contribution < -0.4 is 47.1 Å². The van der Waals surface area contributed by atoms with Crippen LogP contribution in [-0.4, -0.2) is 56.3 Å². The number of carbonyl (C=O) groups excluding carboxylic acids is 2. The number of hydrogen-bond acceptors (Lipinski definition) is 14. The van der Waals surface area contributed by atoms with Crippen LogP contribution in [0.4, 0.5) is 61.6 Å². The van der Waals surface area contributed by atoms with Gasteiger partial charge < -0.3 is 41.0 Å².